The summed E-state index contributed by atoms with van der Waals surface area (Å²) in [6.45, 7) is 0.446. The van der Waals surface area contributed by atoms with Crippen molar-refractivity contribution in [1.82, 2.24) is 14.8 Å². The van der Waals surface area contributed by atoms with Crippen molar-refractivity contribution < 1.29 is 46.5 Å². The molecule has 12 nitrogen and oxygen atoms in total. The van der Waals surface area contributed by atoms with E-state index in [9.17, 15) is 22.8 Å². The van der Waals surface area contributed by atoms with Crippen molar-refractivity contribution in [3.63, 3.8) is 0 Å². The van der Waals surface area contributed by atoms with Gasteiger partial charge in [0.15, 0.2) is 11.4 Å². The van der Waals surface area contributed by atoms with Gasteiger partial charge in [-0.2, -0.15) is 17.9 Å². The third kappa shape index (κ3) is 7.21. The Morgan fingerprint density at radius 2 is 1.77 bits per heavy atom. The van der Waals surface area contributed by atoms with Crippen molar-refractivity contribution in [2.45, 2.75) is 12.7 Å². The first kappa shape index (κ1) is 26.7. The summed E-state index contributed by atoms with van der Waals surface area (Å²) < 4.78 is 52.3. The molecule has 0 fully saturated rings. The van der Waals surface area contributed by atoms with Gasteiger partial charge < -0.3 is 29.1 Å². The number of methoxy groups -OCH3 is 3. The number of aromatic nitrogens is 3. The summed E-state index contributed by atoms with van der Waals surface area (Å²) in [4.78, 5) is 36.4. The maximum atomic E-state index is 11.7. The number of anilines is 1. The number of hydrogen-bond acceptors (Lipinski definition) is 10. The Labute approximate surface area is 194 Å². The predicted molar refractivity (Wildman–Crippen MR) is 112 cm³/mol. The number of nitrogens with one attached hydrogen (secondary N) is 1. The third-order valence-electron chi connectivity index (χ3n) is 4.06. The number of carboxylic acids is 1. The first-order chi connectivity index (χ1) is 16.5. The Hall–Kier alpha value is -4.56. The van der Waals surface area contributed by atoms with E-state index in [1.165, 1.54) is 21.3 Å². The second kappa shape index (κ2) is 11.5. The first-order valence-electron chi connectivity index (χ1n) is 9.40. The quantitative estimate of drug-likeness (QED) is 0.459. The molecule has 2 heterocycles. The van der Waals surface area contributed by atoms with E-state index >= 15 is 0 Å². The zero-order valence-corrected chi connectivity index (χ0v) is 18.5. The van der Waals surface area contributed by atoms with Gasteiger partial charge in [0, 0.05) is 18.4 Å². The number of alkyl halides is 3. The van der Waals surface area contributed by atoms with Crippen LogP contribution in [0, 0.1) is 0 Å². The molecule has 0 saturated heterocycles. The molecule has 0 aliphatic carbocycles. The van der Waals surface area contributed by atoms with Gasteiger partial charge in [-0.15, -0.1) is 0 Å². The highest BCUT2D eigenvalue weighted by molar-refractivity contribution is 5.90. The lowest BCUT2D eigenvalue weighted by molar-refractivity contribution is -0.192. The number of nitrogens with zero attached hydrogens (tertiary/aromatic N) is 3. The Balaban J connectivity index is 0.000000540. The summed E-state index contributed by atoms with van der Waals surface area (Å²) in [5.41, 5.74) is 2.27. The van der Waals surface area contributed by atoms with Crippen LogP contribution in [0.25, 0.3) is 5.69 Å². The molecule has 15 heteroatoms. The SMILES string of the molecule is COC(=O)c1ncc(CNc2ccc(-n3nc(OC)oc3=O)cc2)cc1OC.O=C(O)C(F)(F)F. The van der Waals surface area contributed by atoms with E-state index in [4.69, 9.17) is 23.8 Å². The molecule has 0 spiro atoms. The summed E-state index contributed by atoms with van der Waals surface area (Å²) in [5, 5.41) is 14.2. The van der Waals surface area contributed by atoms with Gasteiger partial charge in [-0.05, 0) is 35.9 Å². The molecule has 0 unspecified atom stereocenters. The molecule has 3 rings (SSSR count). The maximum absolute atomic E-state index is 11.7. The lowest BCUT2D eigenvalue weighted by Crippen LogP contribution is -2.21. The van der Waals surface area contributed by atoms with Gasteiger partial charge in [-0.25, -0.2) is 19.4 Å². The molecule has 35 heavy (non-hydrogen) atoms. The maximum Gasteiger partial charge on any atom is 0.490 e. The molecular weight excluding hydrogens is 481 g/mol. The minimum absolute atomic E-state index is 0.107. The average Bonchev–Trinajstić information content (AvgIpc) is 3.22. The molecule has 0 aliphatic rings. The topological polar surface area (TPSA) is 155 Å². The standard InChI is InChI=1S/C18H18N4O6.C2HF3O2/c1-25-14-8-11(10-20-15(14)16(23)26-2)9-19-12-4-6-13(7-5-12)22-18(24)28-17(21-22)27-3;3-2(4,5)1(6)7/h4-8,10,19H,9H2,1-3H3;(H,6,7). The van der Waals surface area contributed by atoms with Crippen molar-refractivity contribution >= 4 is 17.6 Å². The number of pyridine rings is 1. The second-order valence-corrected chi connectivity index (χ2v) is 6.34. The van der Waals surface area contributed by atoms with Crippen molar-refractivity contribution in [3.8, 4) is 17.5 Å². The van der Waals surface area contributed by atoms with Gasteiger partial charge in [-0.3, -0.25) is 0 Å². The normalized spacial score (nSPS) is 10.6. The highest BCUT2D eigenvalue weighted by Gasteiger charge is 2.38. The summed E-state index contributed by atoms with van der Waals surface area (Å²) in [6.07, 6.45) is -3.62. The Morgan fingerprint density at radius 3 is 2.26 bits per heavy atom. The minimum atomic E-state index is -5.08. The smallest absolute Gasteiger partial charge is 0.490 e. The number of rotatable bonds is 7. The van der Waals surface area contributed by atoms with Crippen molar-refractivity contribution in [2.75, 3.05) is 26.6 Å². The number of carbonyl (C=O) groups excluding carboxylic acids is 1. The van der Waals surface area contributed by atoms with Gasteiger partial charge >= 0.3 is 29.9 Å². The molecule has 0 saturated carbocycles. The fraction of sp³-hybridized carbons (Fsp3) is 0.250. The van der Waals surface area contributed by atoms with E-state index in [0.717, 1.165) is 15.9 Å². The van der Waals surface area contributed by atoms with Crippen LogP contribution in [0.5, 0.6) is 11.8 Å². The molecule has 0 aliphatic heterocycles. The van der Waals surface area contributed by atoms with E-state index in [2.05, 4.69) is 20.1 Å². The number of benzene rings is 1. The number of carboxylic acid groups (broad SMARTS) is 1. The zero-order chi connectivity index (χ0) is 26.2. The monoisotopic (exact) mass is 500 g/mol. The van der Waals surface area contributed by atoms with E-state index in [-0.39, 0.29) is 11.8 Å². The fourth-order valence-electron chi connectivity index (χ4n) is 2.42. The number of esters is 1. The van der Waals surface area contributed by atoms with Crippen LogP contribution in [0.2, 0.25) is 0 Å². The van der Waals surface area contributed by atoms with Crippen molar-refractivity contribution in [2.24, 2.45) is 0 Å². The molecule has 3 aromatic rings. The largest absolute Gasteiger partial charge is 0.494 e. The van der Waals surface area contributed by atoms with Crippen molar-refractivity contribution in [1.29, 1.82) is 0 Å². The summed E-state index contributed by atoms with van der Waals surface area (Å²) in [7, 11) is 4.11. The van der Waals surface area contributed by atoms with Crippen LogP contribution in [0.1, 0.15) is 16.1 Å². The molecule has 188 valence electrons. The molecule has 0 atom stereocenters. The lowest BCUT2D eigenvalue weighted by atomic mass is 10.2. The van der Waals surface area contributed by atoms with Crippen LogP contribution in [0.4, 0.5) is 18.9 Å². The number of aliphatic carboxylic acids is 1. The summed E-state index contributed by atoms with van der Waals surface area (Å²) in [6, 6.07) is 8.71. The van der Waals surface area contributed by atoms with Crippen LogP contribution in [-0.2, 0) is 16.1 Å². The molecule has 1 aromatic carbocycles. The molecule has 0 amide bonds. The molecule has 0 bridgehead atoms. The van der Waals surface area contributed by atoms with Gasteiger partial charge in [0.25, 0.3) is 0 Å². The van der Waals surface area contributed by atoms with Gasteiger partial charge in [0.2, 0.25) is 0 Å². The molecule has 0 radical (unpaired) electrons. The first-order valence-corrected chi connectivity index (χ1v) is 9.40. The molecular formula is C20H19F3N4O8. The van der Waals surface area contributed by atoms with E-state index in [0.29, 0.717) is 18.0 Å². The Bertz CT molecular complexity index is 1220. The Morgan fingerprint density at radius 1 is 1.14 bits per heavy atom. The third-order valence-corrected chi connectivity index (χ3v) is 4.06. The lowest BCUT2D eigenvalue weighted by Gasteiger charge is -2.10. The van der Waals surface area contributed by atoms with Crippen LogP contribution in [0.15, 0.2) is 45.7 Å². The number of carbonyl (C=O) groups is 2. The predicted octanol–water partition coefficient (Wildman–Crippen LogP) is 2.27. The zero-order valence-electron chi connectivity index (χ0n) is 18.5. The number of halogens is 3. The Kier molecular flexibility index (Phi) is 8.79. The fourth-order valence-corrected chi connectivity index (χ4v) is 2.42. The number of hydrogen-bond donors (Lipinski definition) is 2. The minimum Gasteiger partial charge on any atom is -0.494 e. The summed E-state index contributed by atoms with van der Waals surface area (Å²) in [5.74, 6) is -3.62. The van der Waals surface area contributed by atoms with Gasteiger partial charge in [0.05, 0.1) is 27.0 Å². The average molecular weight is 500 g/mol. The van der Waals surface area contributed by atoms with E-state index in [1.807, 2.05) is 0 Å². The summed E-state index contributed by atoms with van der Waals surface area (Å²) >= 11 is 0. The van der Waals surface area contributed by atoms with Gasteiger partial charge in [0.1, 0.15) is 0 Å². The van der Waals surface area contributed by atoms with Crippen LogP contribution >= 0.6 is 0 Å². The van der Waals surface area contributed by atoms with Crippen LogP contribution in [0.3, 0.4) is 0 Å². The van der Waals surface area contributed by atoms with E-state index in [1.54, 1.807) is 36.5 Å². The molecule has 2 aromatic heterocycles. The van der Waals surface area contributed by atoms with Crippen LogP contribution < -0.4 is 20.5 Å². The number of ether oxygens (including phenoxy) is 3. The van der Waals surface area contributed by atoms with Crippen LogP contribution in [-0.4, -0.2) is 59.3 Å². The van der Waals surface area contributed by atoms with Crippen molar-refractivity contribution in [3.05, 3.63) is 58.3 Å². The highest BCUT2D eigenvalue weighted by Crippen LogP contribution is 2.20. The second-order valence-electron chi connectivity index (χ2n) is 6.34. The van der Waals surface area contributed by atoms with Gasteiger partial charge in [-0.1, -0.05) is 5.10 Å². The molecule has 2 N–H and O–H groups in total. The van der Waals surface area contributed by atoms with E-state index < -0.39 is 23.9 Å². The highest BCUT2D eigenvalue weighted by atomic mass is 19.4.